The number of anilines is 1. The number of pyridine rings is 1. The van der Waals surface area contributed by atoms with Gasteiger partial charge in [-0.1, -0.05) is 6.07 Å². The molecule has 0 bridgehead atoms. The van der Waals surface area contributed by atoms with E-state index in [-0.39, 0.29) is 11.6 Å². The summed E-state index contributed by atoms with van der Waals surface area (Å²) in [5, 5.41) is 10.8. The van der Waals surface area contributed by atoms with Gasteiger partial charge in [-0.3, -0.25) is 14.9 Å². The molecule has 9 nitrogen and oxygen atoms in total. The number of carbonyl (C=O) groups is 1. The monoisotopic (exact) mass is 386 g/mol. The van der Waals surface area contributed by atoms with Gasteiger partial charge in [0.05, 0.1) is 19.1 Å². The van der Waals surface area contributed by atoms with Gasteiger partial charge >= 0.3 is 0 Å². The number of rotatable bonds is 5. The van der Waals surface area contributed by atoms with Crippen LogP contribution in [0.1, 0.15) is 16.8 Å². The second-order valence-corrected chi connectivity index (χ2v) is 6.30. The van der Waals surface area contributed by atoms with Gasteiger partial charge in [0.25, 0.3) is 11.6 Å². The number of aromatic nitrogens is 1. The Labute approximate surface area is 162 Å². The molecule has 1 aromatic heterocycles. The van der Waals surface area contributed by atoms with Crippen molar-refractivity contribution in [2.75, 3.05) is 45.3 Å². The molecule has 2 aromatic rings. The normalized spacial score (nSPS) is 14.4. The van der Waals surface area contributed by atoms with Crippen LogP contribution in [0.2, 0.25) is 0 Å². The summed E-state index contributed by atoms with van der Waals surface area (Å²) in [6.07, 6.45) is 2.00. The van der Waals surface area contributed by atoms with Crippen LogP contribution in [0, 0.1) is 10.1 Å². The summed E-state index contributed by atoms with van der Waals surface area (Å²) < 4.78 is 10.7. The van der Waals surface area contributed by atoms with Crippen molar-refractivity contribution < 1.29 is 19.2 Å². The third-order valence-electron chi connectivity index (χ3n) is 4.69. The zero-order valence-corrected chi connectivity index (χ0v) is 15.8. The third-order valence-corrected chi connectivity index (χ3v) is 4.69. The quantitative estimate of drug-likeness (QED) is 0.575. The van der Waals surface area contributed by atoms with Crippen LogP contribution in [0.5, 0.6) is 11.5 Å². The predicted octanol–water partition coefficient (Wildman–Crippen LogP) is 2.36. The first-order valence-electron chi connectivity index (χ1n) is 8.90. The molecule has 3 rings (SSSR count). The fourth-order valence-electron chi connectivity index (χ4n) is 3.24. The van der Waals surface area contributed by atoms with E-state index in [0.717, 1.165) is 6.42 Å². The second-order valence-electron chi connectivity index (χ2n) is 6.30. The van der Waals surface area contributed by atoms with Gasteiger partial charge in [-0.25, -0.2) is 4.98 Å². The predicted molar refractivity (Wildman–Crippen MR) is 103 cm³/mol. The lowest BCUT2D eigenvalue weighted by Crippen LogP contribution is -2.35. The number of nitro groups is 1. The maximum atomic E-state index is 13.1. The lowest BCUT2D eigenvalue weighted by Gasteiger charge is -2.24. The molecule has 2 heterocycles. The van der Waals surface area contributed by atoms with Crippen LogP contribution in [0.15, 0.2) is 36.5 Å². The molecule has 1 saturated heterocycles. The van der Waals surface area contributed by atoms with Gasteiger partial charge in [0.2, 0.25) is 0 Å². The smallest absolute Gasteiger partial charge is 0.287 e. The van der Waals surface area contributed by atoms with Gasteiger partial charge in [0.15, 0.2) is 0 Å². The first kappa shape index (κ1) is 19.4. The fraction of sp³-hybridized carbons (Fsp3) is 0.368. The molecule has 0 aliphatic carbocycles. The standard InChI is InChI=1S/C19H22N4O5/c1-27-15-5-3-6-16(28-2)18(15)19(24)22-10-4-9-21(11-12-22)17-8-7-14(13-20-17)23(25)26/h3,5-8,13H,4,9-12H2,1-2H3. The molecular formula is C19H22N4O5. The molecule has 28 heavy (non-hydrogen) atoms. The van der Waals surface area contributed by atoms with Crippen LogP contribution >= 0.6 is 0 Å². The van der Waals surface area contributed by atoms with E-state index in [9.17, 15) is 14.9 Å². The van der Waals surface area contributed by atoms with E-state index in [0.29, 0.717) is 49.1 Å². The van der Waals surface area contributed by atoms with Crippen LogP contribution in [-0.4, -0.2) is 61.1 Å². The van der Waals surface area contributed by atoms with Crippen LogP contribution in [0.4, 0.5) is 11.5 Å². The number of amides is 1. The number of carbonyl (C=O) groups excluding carboxylic acids is 1. The molecule has 0 unspecified atom stereocenters. The number of hydrogen-bond acceptors (Lipinski definition) is 7. The van der Waals surface area contributed by atoms with E-state index in [2.05, 4.69) is 4.98 Å². The molecule has 1 aliphatic rings. The average molecular weight is 386 g/mol. The summed E-state index contributed by atoms with van der Waals surface area (Å²) in [7, 11) is 3.05. The zero-order valence-electron chi connectivity index (χ0n) is 15.8. The number of benzene rings is 1. The van der Waals surface area contributed by atoms with Crippen molar-refractivity contribution in [2.45, 2.75) is 6.42 Å². The summed E-state index contributed by atoms with van der Waals surface area (Å²) in [6.45, 7) is 2.37. The Balaban J connectivity index is 1.75. The summed E-state index contributed by atoms with van der Waals surface area (Å²) >= 11 is 0. The highest BCUT2D eigenvalue weighted by Crippen LogP contribution is 2.30. The van der Waals surface area contributed by atoms with Gasteiger partial charge in [-0.2, -0.15) is 0 Å². The average Bonchev–Trinajstić information content (AvgIpc) is 2.99. The third kappa shape index (κ3) is 3.98. The maximum Gasteiger partial charge on any atom is 0.287 e. The van der Waals surface area contributed by atoms with Crippen molar-refractivity contribution in [3.05, 3.63) is 52.2 Å². The highest BCUT2D eigenvalue weighted by atomic mass is 16.6. The van der Waals surface area contributed by atoms with Gasteiger partial charge < -0.3 is 19.3 Å². The molecule has 9 heteroatoms. The molecular weight excluding hydrogens is 364 g/mol. The van der Waals surface area contributed by atoms with E-state index >= 15 is 0 Å². The Kier molecular flexibility index (Phi) is 5.93. The molecule has 1 aromatic carbocycles. The molecule has 0 radical (unpaired) electrons. The van der Waals surface area contributed by atoms with Crippen molar-refractivity contribution in [1.29, 1.82) is 0 Å². The first-order valence-corrected chi connectivity index (χ1v) is 8.90. The summed E-state index contributed by atoms with van der Waals surface area (Å²) in [5.41, 5.74) is 0.369. The molecule has 0 spiro atoms. The maximum absolute atomic E-state index is 13.1. The molecule has 0 N–H and O–H groups in total. The van der Waals surface area contributed by atoms with Crippen LogP contribution < -0.4 is 14.4 Å². The highest BCUT2D eigenvalue weighted by Gasteiger charge is 2.26. The number of nitrogens with zero attached hydrogens (tertiary/aromatic N) is 4. The number of methoxy groups -OCH3 is 2. The van der Waals surface area contributed by atoms with Crippen LogP contribution in [-0.2, 0) is 0 Å². The van der Waals surface area contributed by atoms with Crippen molar-refractivity contribution in [2.24, 2.45) is 0 Å². The van der Waals surface area contributed by atoms with Crippen molar-refractivity contribution in [3.63, 3.8) is 0 Å². The zero-order chi connectivity index (χ0) is 20.1. The second kappa shape index (κ2) is 8.55. The Hall–Kier alpha value is -3.36. The van der Waals surface area contributed by atoms with Crippen molar-refractivity contribution in [1.82, 2.24) is 9.88 Å². The minimum Gasteiger partial charge on any atom is -0.496 e. The van der Waals surface area contributed by atoms with Gasteiger partial charge in [-0.05, 0) is 24.6 Å². The van der Waals surface area contributed by atoms with Crippen LogP contribution in [0.25, 0.3) is 0 Å². The minimum atomic E-state index is -0.472. The Morgan fingerprint density at radius 1 is 1.07 bits per heavy atom. The Morgan fingerprint density at radius 2 is 1.79 bits per heavy atom. The Morgan fingerprint density at radius 3 is 2.36 bits per heavy atom. The number of ether oxygens (including phenoxy) is 2. The van der Waals surface area contributed by atoms with Gasteiger partial charge in [0.1, 0.15) is 29.1 Å². The first-order chi connectivity index (χ1) is 13.5. The largest absolute Gasteiger partial charge is 0.496 e. The SMILES string of the molecule is COc1cccc(OC)c1C(=O)N1CCCN(c2ccc([N+](=O)[O-])cn2)CC1. The molecule has 0 atom stereocenters. The fourth-order valence-corrected chi connectivity index (χ4v) is 3.24. The summed E-state index contributed by atoms with van der Waals surface area (Å²) in [5.74, 6) is 1.47. The van der Waals surface area contributed by atoms with E-state index in [1.165, 1.54) is 26.5 Å². The summed E-state index contributed by atoms with van der Waals surface area (Å²) in [6, 6.07) is 8.33. The van der Waals surface area contributed by atoms with Gasteiger partial charge in [0, 0.05) is 32.2 Å². The van der Waals surface area contributed by atoms with Crippen molar-refractivity contribution in [3.8, 4) is 11.5 Å². The lowest BCUT2D eigenvalue weighted by molar-refractivity contribution is -0.385. The summed E-state index contributed by atoms with van der Waals surface area (Å²) in [4.78, 5) is 31.4. The van der Waals surface area contributed by atoms with Crippen LogP contribution in [0.3, 0.4) is 0 Å². The van der Waals surface area contributed by atoms with Gasteiger partial charge in [-0.15, -0.1) is 0 Å². The Bertz CT molecular complexity index is 834. The van der Waals surface area contributed by atoms with E-state index < -0.39 is 4.92 Å². The molecule has 148 valence electrons. The van der Waals surface area contributed by atoms with E-state index in [4.69, 9.17) is 9.47 Å². The van der Waals surface area contributed by atoms with Crippen molar-refractivity contribution >= 4 is 17.4 Å². The van der Waals surface area contributed by atoms with E-state index in [1.807, 2.05) is 4.90 Å². The molecule has 1 aliphatic heterocycles. The minimum absolute atomic E-state index is 0.0429. The molecule has 0 saturated carbocycles. The molecule has 1 amide bonds. The van der Waals surface area contributed by atoms with E-state index in [1.54, 1.807) is 29.2 Å². The topological polar surface area (TPSA) is 98.0 Å². The molecule has 1 fully saturated rings. The number of hydrogen-bond donors (Lipinski definition) is 0. The highest BCUT2D eigenvalue weighted by molar-refractivity contribution is 5.99. The lowest BCUT2D eigenvalue weighted by atomic mass is 10.1.